The molecule has 0 aromatic carbocycles. The number of hydrogen-bond acceptors (Lipinski definition) is 6. The number of rotatable bonds is 2. The zero-order valence-corrected chi connectivity index (χ0v) is 12.2. The first kappa shape index (κ1) is 14.3. The van der Waals surface area contributed by atoms with Gasteiger partial charge in [-0.3, -0.25) is 14.7 Å². The largest absolute Gasteiger partial charge is 0.456 e. The number of nitrogens with zero attached hydrogens (tertiary/aromatic N) is 3. The maximum Gasteiger partial charge on any atom is 0.289 e. The van der Waals surface area contributed by atoms with Gasteiger partial charge < -0.3 is 15.1 Å². The average Bonchev–Trinajstić information content (AvgIpc) is 2.92. The number of likely N-dealkylation sites (tertiary alicyclic amines) is 1. The summed E-state index contributed by atoms with van der Waals surface area (Å²) in [5.41, 5.74) is 5.28. The second kappa shape index (κ2) is 5.63. The molecule has 3 heterocycles. The Balaban J connectivity index is 1.68. The van der Waals surface area contributed by atoms with E-state index in [0.29, 0.717) is 18.8 Å². The molecule has 22 heavy (non-hydrogen) atoms. The molecule has 0 atom stereocenters. The number of aromatic nitrogens is 3. The molecular weight excluding hydrogens is 286 g/mol. The van der Waals surface area contributed by atoms with Crippen LogP contribution < -0.4 is 11.2 Å². The van der Waals surface area contributed by atoms with Crippen LogP contribution >= 0.6 is 0 Å². The molecule has 3 rings (SSSR count). The molecule has 1 fully saturated rings. The minimum Gasteiger partial charge on any atom is -0.456 e. The number of hydrogen-bond donors (Lipinski definition) is 2. The number of aromatic amines is 1. The van der Waals surface area contributed by atoms with Crippen molar-refractivity contribution in [1.82, 2.24) is 20.1 Å². The Hall–Kier alpha value is -2.64. The lowest BCUT2D eigenvalue weighted by atomic mass is 9.96. The zero-order valence-electron chi connectivity index (χ0n) is 12.2. The summed E-state index contributed by atoms with van der Waals surface area (Å²) in [6.45, 7) is 2.79. The topological polar surface area (TPSA) is 118 Å². The van der Waals surface area contributed by atoms with E-state index in [-0.39, 0.29) is 29.0 Å². The highest BCUT2D eigenvalue weighted by Crippen LogP contribution is 2.26. The Kier molecular flexibility index (Phi) is 3.66. The van der Waals surface area contributed by atoms with Crippen molar-refractivity contribution >= 4 is 11.9 Å². The molecule has 1 saturated heterocycles. The van der Waals surface area contributed by atoms with Crippen molar-refractivity contribution in [1.29, 1.82) is 0 Å². The van der Waals surface area contributed by atoms with Gasteiger partial charge in [-0.05, 0) is 19.8 Å². The van der Waals surface area contributed by atoms with Crippen LogP contribution in [-0.4, -0.2) is 39.1 Å². The third kappa shape index (κ3) is 2.85. The van der Waals surface area contributed by atoms with Crippen molar-refractivity contribution < 1.29 is 9.21 Å². The lowest BCUT2D eigenvalue weighted by molar-refractivity contribution is 0.0674. The Labute approximate surface area is 126 Å². The number of aryl methyl sites for hydroxylation is 1. The lowest BCUT2D eigenvalue weighted by Crippen LogP contribution is -2.38. The third-order valence-electron chi connectivity index (χ3n) is 3.79. The fraction of sp³-hybridized carbons (Fsp3) is 0.429. The van der Waals surface area contributed by atoms with Crippen LogP contribution in [0.2, 0.25) is 0 Å². The number of anilines is 1. The number of nitrogens with one attached hydrogen (secondary N) is 1. The van der Waals surface area contributed by atoms with Gasteiger partial charge in [0.25, 0.3) is 5.91 Å². The van der Waals surface area contributed by atoms with Crippen LogP contribution in [-0.2, 0) is 0 Å². The molecule has 116 valence electrons. The maximum atomic E-state index is 12.4. The Morgan fingerprint density at radius 3 is 2.73 bits per heavy atom. The number of carbonyl (C=O) groups excluding carboxylic acids is 1. The van der Waals surface area contributed by atoms with Crippen molar-refractivity contribution in [3.05, 3.63) is 39.7 Å². The van der Waals surface area contributed by atoms with Gasteiger partial charge in [0, 0.05) is 31.1 Å². The first-order valence-corrected chi connectivity index (χ1v) is 7.12. The van der Waals surface area contributed by atoms with Crippen molar-refractivity contribution in [3.8, 4) is 0 Å². The number of amides is 1. The summed E-state index contributed by atoms with van der Waals surface area (Å²) in [5, 5.41) is 6.64. The molecular formula is C14H17N5O3. The van der Waals surface area contributed by atoms with Crippen molar-refractivity contribution in [2.45, 2.75) is 25.7 Å². The molecule has 0 bridgehead atoms. The van der Waals surface area contributed by atoms with Gasteiger partial charge in [0.05, 0.1) is 0 Å². The third-order valence-corrected chi connectivity index (χ3v) is 3.79. The number of nitrogen functional groups attached to an aromatic ring is 1. The van der Waals surface area contributed by atoms with Crippen molar-refractivity contribution in [3.63, 3.8) is 0 Å². The lowest BCUT2D eigenvalue weighted by Gasteiger charge is -2.30. The van der Waals surface area contributed by atoms with E-state index in [2.05, 4.69) is 15.2 Å². The average molecular weight is 303 g/mol. The monoisotopic (exact) mass is 303 g/mol. The summed E-state index contributed by atoms with van der Waals surface area (Å²) in [6, 6.07) is 2.59. The molecule has 0 spiro atoms. The molecule has 1 aliphatic heterocycles. The summed E-state index contributed by atoms with van der Waals surface area (Å²) >= 11 is 0. The van der Waals surface area contributed by atoms with Crippen LogP contribution in [0.5, 0.6) is 0 Å². The fourth-order valence-electron chi connectivity index (χ4n) is 2.69. The number of H-pyrrole nitrogens is 1. The maximum absolute atomic E-state index is 12.4. The van der Waals surface area contributed by atoms with E-state index in [1.807, 2.05) is 0 Å². The van der Waals surface area contributed by atoms with Crippen LogP contribution in [0.25, 0.3) is 0 Å². The number of carbonyl (C=O) groups is 1. The molecule has 0 saturated carbocycles. The molecule has 1 aliphatic rings. The number of piperidine rings is 1. The van der Waals surface area contributed by atoms with Crippen molar-refractivity contribution in [2.75, 3.05) is 18.8 Å². The van der Waals surface area contributed by atoms with E-state index in [0.717, 1.165) is 18.7 Å². The summed E-state index contributed by atoms with van der Waals surface area (Å²) in [5.74, 6) is 1.46. The number of nitrogens with two attached hydrogens (primary N) is 1. The van der Waals surface area contributed by atoms with Gasteiger partial charge in [0.15, 0.2) is 11.2 Å². The van der Waals surface area contributed by atoms with Gasteiger partial charge in [0.1, 0.15) is 11.6 Å². The van der Waals surface area contributed by atoms with E-state index in [4.69, 9.17) is 10.2 Å². The van der Waals surface area contributed by atoms with Gasteiger partial charge in [-0.25, -0.2) is 0 Å². The van der Waals surface area contributed by atoms with Gasteiger partial charge >= 0.3 is 0 Å². The zero-order chi connectivity index (χ0) is 15.7. The first-order valence-electron chi connectivity index (χ1n) is 7.12. The summed E-state index contributed by atoms with van der Waals surface area (Å²) in [7, 11) is 0. The molecule has 2 aromatic heterocycles. The standard InChI is InChI=1S/C14H17N5O3/c1-8-6-10(20)7-11(22-8)13(21)19-4-2-9(3-5-19)12-16-14(15)18-17-12/h6-7,9H,2-5H2,1H3,(H3,15,16,17,18). The normalized spacial score (nSPS) is 16.0. The van der Waals surface area contributed by atoms with E-state index >= 15 is 0 Å². The summed E-state index contributed by atoms with van der Waals surface area (Å²) < 4.78 is 5.35. The van der Waals surface area contributed by atoms with Crippen molar-refractivity contribution in [2.24, 2.45) is 0 Å². The highest BCUT2D eigenvalue weighted by atomic mass is 16.3. The Morgan fingerprint density at radius 1 is 1.41 bits per heavy atom. The minimum atomic E-state index is -0.253. The highest BCUT2D eigenvalue weighted by molar-refractivity contribution is 5.91. The molecule has 0 aliphatic carbocycles. The van der Waals surface area contributed by atoms with Gasteiger partial charge in [-0.15, -0.1) is 5.10 Å². The van der Waals surface area contributed by atoms with Gasteiger partial charge in [-0.1, -0.05) is 0 Å². The van der Waals surface area contributed by atoms with Crippen LogP contribution in [0.1, 0.15) is 40.9 Å². The van der Waals surface area contributed by atoms with Gasteiger partial charge in [0.2, 0.25) is 5.95 Å². The molecule has 8 nitrogen and oxygen atoms in total. The second-order valence-corrected chi connectivity index (χ2v) is 5.41. The molecule has 1 amide bonds. The summed E-state index contributed by atoms with van der Waals surface area (Å²) in [6.07, 6.45) is 1.52. The van der Waals surface area contributed by atoms with E-state index in [9.17, 15) is 9.59 Å². The minimum absolute atomic E-state index is 0.0901. The van der Waals surface area contributed by atoms with Gasteiger partial charge in [-0.2, -0.15) is 4.98 Å². The predicted octanol–water partition coefficient (Wildman–Crippen LogP) is 0.668. The predicted molar refractivity (Wildman–Crippen MR) is 78.4 cm³/mol. The molecule has 0 unspecified atom stereocenters. The molecule has 0 radical (unpaired) electrons. The SMILES string of the molecule is Cc1cc(=O)cc(C(=O)N2CCC(c3nc(N)n[nH]3)CC2)o1. The Morgan fingerprint density at radius 2 is 2.14 bits per heavy atom. The molecule has 3 N–H and O–H groups in total. The quantitative estimate of drug-likeness (QED) is 0.841. The second-order valence-electron chi connectivity index (χ2n) is 5.41. The van der Waals surface area contributed by atoms with Crippen LogP contribution in [0.3, 0.4) is 0 Å². The summed E-state index contributed by atoms with van der Waals surface area (Å²) in [4.78, 5) is 29.7. The molecule has 2 aromatic rings. The van der Waals surface area contributed by atoms with Crippen LogP contribution in [0.15, 0.2) is 21.3 Å². The van der Waals surface area contributed by atoms with Crippen LogP contribution in [0, 0.1) is 6.92 Å². The van der Waals surface area contributed by atoms with Crippen LogP contribution in [0.4, 0.5) is 5.95 Å². The Bertz CT molecular complexity index is 743. The smallest absolute Gasteiger partial charge is 0.289 e. The van der Waals surface area contributed by atoms with E-state index in [1.54, 1.807) is 11.8 Å². The van der Waals surface area contributed by atoms with E-state index < -0.39 is 0 Å². The van der Waals surface area contributed by atoms with E-state index in [1.165, 1.54) is 12.1 Å². The fourth-order valence-corrected chi connectivity index (χ4v) is 2.69. The highest BCUT2D eigenvalue weighted by Gasteiger charge is 2.27. The first-order chi connectivity index (χ1) is 10.5. The molecule has 8 heteroatoms.